The normalized spacial score (nSPS) is 14.8. The molecule has 0 aliphatic heterocycles. The minimum Gasteiger partial charge on any atom is -0.494 e. The van der Waals surface area contributed by atoms with Crippen molar-refractivity contribution in [2.45, 2.75) is 32.3 Å². The molecule has 0 saturated heterocycles. The van der Waals surface area contributed by atoms with Gasteiger partial charge in [0.25, 0.3) is 5.91 Å². The third-order valence-corrected chi connectivity index (χ3v) is 5.42. The fourth-order valence-electron chi connectivity index (χ4n) is 3.39. The van der Waals surface area contributed by atoms with E-state index < -0.39 is 30.0 Å². The monoisotopic (exact) mass is 498 g/mol. The van der Waals surface area contributed by atoms with Crippen molar-refractivity contribution in [3.8, 4) is 17.0 Å². The van der Waals surface area contributed by atoms with Crippen LogP contribution >= 0.6 is 0 Å². The van der Waals surface area contributed by atoms with Crippen molar-refractivity contribution in [1.29, 1.82) is 0 Å². The number of hydrogen-bond donors (Lipinski definition) is 4. The fraction of sp³-hybridized carbons (Fsp3) is 0.333. The minimum atomic E-state index is -2.81. The largest absolute Gasteiger partial charge is 0.494 e. The molecule has 2 amide bonds. The number of benzene rings is 1. The highest BCUT2D eigenvalue weighted by Gasteiger charge is 2.30. The summed E-state index contributed by atoms with van der Waals surface area (Å²) in [5.74, 6) is -2.06. The van der Waals surface area contributed by atoms with E-state index in [-0.39, 0.29) is 46.0 Å². The minimum absolute atomic E-state index is 0.00324. The zero-order valence-corrected chi connectivity index (χ0v) is 19.7. The van der Waals surface area contributed by atoms with Gasteiger partial charge in [0.2, 0.25) is 5.91 Å². The quantitative estimate of drug-likeness (QED) is 0.367. The van der Waals surface area contributed by atoms with E-state index in [1.54, 1.807) is 19.9 Å². The van der Waals surface area contributed by atoms with Gasteiger partial charge in [-0.3, -0.25) is 9.59 Å². The molecule has 1 fully saturated rings. The third kappa shape index (κ3) is 5.38. The van der Waals surface area contributed by atoms with Gasteiger partial charge in [0.15, 0.2) is 17.3 Å². The molecule has 2 aromatic heterocycles. The molecule has 1 saturated carbocycles. The second kappa shape index (κ2) is 9.82. The Hall–Kier alpha value is -4.19. The molecule has 11 nitrogen and oxygen atoms in total. The number of anilines is 3. The molecular weight excluding hydrogens is 469 g/mol. The van der Waals surface area contributed by atoms with Gasteiger partial charge in [-0.2, -0.15) is 10.2 Å². The van der Waals surface area contributed by atoms with Gasteiger partial charge in [-0.05, 0) is 44.9 Å². The number of methoxy groups -OCH3 is 1. The number of carbonyl (C=O) groups excluding carboxylic acids is 2. The number of amides is 2. The summed E-state index contributed by atoms with van der Waals surface area (Å²) >= 11 is 0. The first-order valence-corrected chi connectivity index (χ1v) is 11.0. The summed E-state index contributed by atoms with van der Waals surface area (Å²) in [6, 6.07) is 6.62. The molecular formula is C24H26FN7O4. The van der Waals surface area contributed by atoms with E-state index in [1.165, 1.54) is 25.3 Å². The molecule has 0 unspecified atom stereocenters. The fourth-order valence-corrected chi connectivity index (χ4v) is 3.39. The Kier molecular flexibility index (Phi) is 5.76. The summed E-state index contributed by atoms with van der Waals surface area (Å²) in [5, 5.41) is 33.2. The second-order valence-electron chi connectivity index (χ2n) is 8.73. The van der Waals surface area contributed by atoms with E-state index in [0.29, 0.717) is 5.69 Å². The molecule has 12 heteroatoms. The lowest BCUT2D eigenvalue weighted by atomic mass is 10.0. The smallest absolute Gasteiger partial charge is 0.273 e. The van der Waals surface area contributed by atoms with Crippen molar-refractivity contribution in [3.63, 3.8) is 0 Å². The zero-order valence-electron chi connectivity index (χ0n) is 22.7. The lowest BCUT2D eigenvalue weighted by Crippen LogP contribution is -2.22. The average molecular weight is 499 g/mol. The van der Waals surface area contributed by atoms with Crippen LogP contribution in [0.1, 0.15) is 47.0 Å². The first kappa shape index (κ1) is 21.1. The predicted molar refractivity (Wildman–Crippen MR) is 129 cm³/mol. The van der Waals surface area contributed by atoms with Crippen LogP contribution in [0.4, 0.5) is 21.6 Å². The molecule has 1 aliphatic rings. The van der Waals surface area contributed by atoms with E-state index in [2.05, 4.69) is 31.0 Å². The SMILES string of the molecule is [2H]C([2H])([2H])NC(=O)c1nnc(NC(=O)C2CC2)cc1Nc1cc(F)cc(-c2ccc(C(C)(C)O)nn2)c1OC. The number of nitrogens with zero attached hydrogens (tertiary/aromatic N) is 4. The molecule has 4 N–H and O–H groups in total. The Labute approximate surface area is 210 Å². The Balaban J connectivity index is 1.76. The van der Waals surface area contributed by atoms with Gasteiger partial charge in [0, 0.05) is 34.7 Å². The van der Waals surface area contributed by atoms with E-state index in [0.717, 1.165) is 18.9 Å². The van der Waals surface area contributed by atoms with Crippen LogP contribution < -0.4 is 20.7 Å². The molecule has 3 aromatic rings. The maximum Gasteiger partial charge on any atom is 0.273 e. The molecule has 2 heterocycles. The third-order valence-electron chi connectivity index (χ3n) is 5.42. The van der Waals surface area contributed by atoms with Crippen LogP contribution in [-0.2, 0) is 10.4 Å². The Morgan fingerprint density at radius 1 is 1.14 bits per heavy atom. The summed E-state index contributed by atoms with van der Waals surface area (Å²) in [6.45, 7) is 0.281. The van der Waals surface area contributed by atoms with E-state index in [4.69, 9.17) is 8.85 Å². The second-order valence-corrected chi connectivity index (χ2v) is 8.73. The number of nitrogens with one attached hydrogen (secondary N) is 3. The number of ether oxygens (including phenoxy) is 1. The Morgan fingerprint density at radius 3 is 2.53 bits per heavy atom. The van der Waals surface area contributed by atoms with Gasteiger partial charge in [-0.25, -0.2) is 4.39 Å². The Bertz CT molecular complexity index is 1410. The number of aromatic nitrogens is 4. The van der Waals surface area contributed by atoms with E-state index in [1.807, 2.05) is 5.32 Å². The molecule has 0 bridgehead atoms. The van der Waals surface area contributed by atoms with Gasteiger partial charge in [0.05, 0.1) is 29.9 Å². The van der Waals surface area contributed by atoms with Crippen molar-refractivity contribution < 1.29 is 27.9 Å². The summed E-state index contributed by atoms with van der Waals surface area (Å²) in [4.78, 5) is 24.9. The summed E-state index contributed by atoms with van der Waals surface area (Å²) in [6.07, 6.45) is 1.48. The van der Waals surface area contributed by atoms with Crippen LogP contribution in [-0.4, -0.2) is 51.4 Å². The van der Waals surface area contributed by atoms with Crippen molar-refractivity contribution in [1.82, 2.24) is 25.7 Å². The molecule has 0 spiro atoms. The number of halogens is 1. The van der Waals surface area contributed by atoms with Crippen LogP contribution in [0, 0.1) is 11.7 Å². The van der Waals surface area contributed by atoms with Crippen molar-refractivity contribution in [2.75, 3.05) is 24.7 Å². The highest BCUT2D eigenvalue weighted by molar-refractivity contribution is 6.00. The zero-order chi connectivity index (χ0) is 28.5. The van der Waals surface area contributed by atoms with Crippen LogP contribution in [0.15, 0.2) is 30.3 Å². The molecule has 36 heavy (non-hydrogen) atoms. The number of rotatable bonds is 8. The highest BCUT2D eigenvalue weighted by atomic mass is 19.1. The lowest BCUT2D eigenvalue weighted by Gasteiger charge is -2.18. The molecule has 0 radical (unpaired) electrons. The summed E-state index contributed by atoms with van der Waals surface area (Å²) in [7, 11) is 1.34. The topological polar surface area (TPSA) is 151 Å². The van der Waals surface area contributed by atoms with Crippen molar-refractivity contribution in [2.24, 2.45) is 5.92 Å². The molecule has 1 aliphatic carbocycles. The van der Waals surface area contributed by atoms with Crippen LogP contribution in [0.2, 0.25) is 0 Å². The molecule has 188 valence electrons. The van der Waals surface area contributed by atoms with Crippen molar-refractivity contribution in [3.05, 3.63) is 47.5 Å². The number of carbonyl (C=O) groups is 2. The summed E-state index contributed by atoms with van der Waals surface area (Å²) in [5.41, 5.74) is -0.962. The molecule has 1 aromatic carbocycles. The Morgan fingerprint density at radius 2 is 1.92 bits per heavy atom. The van der Waals surface area contributed by atoms with Gasteiger partial charge >= 0.3 is 0 Å². The first-order chi connectivity index (χ1) is 18.2. The average Bonchev–Trinajstić information content (AvgIpc) is 3.68. The van der Waals surface area contributed by atoms with Gasteiger partial charge in [0.1, 0.15) is 11.4 Å². The van der Waals surface area contributed by atoms with E-state index in [9.17, 15) is 19.1 Å². The molecule has 0 atom stereocenters. The first-order valence-electron chi connectivity index (χ1n) is 12.5. The van der Waals surface area contributed by atoms with Crippen LogP contribution in [0.3, 0.4) is 0 Å². The molecule has 4 rings (SSSR count). The maximum atomic E-state index is 14.8. The predicted octanol–water partition coefficient (Wildman–Crippen LogP) is 2.76. The lowest BCUT2D eigenvalue weighted by molar-refractivity contribution is -0.117. The maximum absolute atomic E-state index is 14.8. The number of hydrogen-bond acceptors (Lipinski definition) is 9. The number of aliphatic hydroxyl groups is 1. The van der Waals surface area contributed by atoms with Gasteiger partial charge < -0.3 is 25.8 Å². The van der Waals surface area contributed by atoms with Gasteiger partial charge in [-0.1, -0.05) is 0 Å². The summed E-state index contributed by atoms with van der Waals surface area (Å²) < 4.78 is 42.4. The highest BCUT2D eigenvalue weighted by Crippen LogP contribution is 2.39. The van der Waals surface area contributed by atoms with Crippen molar-refractivity contribution >= 4 is 29.0 Å². The van der Waals surface area contributed by atoms with E-state index >= 15 is 0 Å². The standard InChI is InChI=1S/C24H26FN7O4/c1-24(2,35)18-8-7-15(29-30-18)14-9-13(25)10-17(21(14)36-4)27-16-11-19(28-22(33)12-5-6-12)31-32-20(16)23(34)26-3/h7-12,35H,5-6H2,1-4H3,(H,26,34)(H2,27,28,31,33)/i3D3. The van der Waals surface area contributed by atoms with Crippen LogP contribution in [0.5, 0.6) is 5.75 Å². The van der Waals surface area contributed by atoms with Gasteiger partial charge in [-0.15, -0.1) is 10.2 Å². The van der Waals surface area contributed by atoms with Crippen LogP contribution in [0.25, 0.3) is 11.3 Å².